The Bertz CT molecular complexity index is 680. The van der Waals surface area contributed by atoms with Crippen LogP contribution in [0.3, 0.4) is 0 Å². The number of amides is 1. The van der Waals surface area contributed by atoms with Crippen molar-refractivity contribution in [2.24, 2.45) is 0 Å². The number of anilines is 1. The zero-order chi connectivity index (χ0) is 16.8. The highest BCUT2D eigenvalue weighted by Crippen LogP contribution is 2.18. The predicted molar refractivity (Wildman–Crippen MR) is 88.2 cm³/mol. The van der Waals surface area contributed by atoms with E-state index < -0.39 is 5.97 Å². The minimum Gasteiger partial charge on any atom is -0.491 e. The predicted octanol–water partition coefficient (Wildman–Crippen LogP) is 3.36. The second-order valence-corrected chi connectivity index (χ2v) is 5.76. The highest BCUT2D eigenvalue weighted by molar-refractivity contribution is 7.14. The van der Waals surface area contributed by atoms with Crippen molar-refractivity contribution < 1.29 is 19.1 Å². The molecule has 0 aliphatic carbocycles. The molecule has 6 nitrogen and oxygen atoms in total. The van der Waals surface area contributed by atoms with Gasteiger partial charge in [0.25, 0.3) is 5.91 Å². The van der Waals surface area contributed by atoms with Crippen LogP contribution >= 0.6 is 11.3 Å². The monoisotopic (exact) mass is 334 g/mol. The average Bonchev–Trinajstić information content (AvgIpc) is 2.96. The molecule has 0 spiro atoms. The number of aromatic nitrogens is 1. The molecule has 0 aliphatic rings. The van der Waals surface area contributed by atoms with Crippen LogP contribution in [0.25, 0.3) is 0 Å². The lowest BCUT2D eigenvalue weighted by Gasteiger charge is -2.09. The summed E-state index contributed by atoms with van der Waals surface area (Å²) in [5.74, 6) is -0.0966. The summed E-state index contributed by atoms with van der Waals surface area (Å²) >= 11 is 1.17. The Kier molecular flexibility index (Phi) is 5.70. The number of hydrogen-bond donors (Lipinski definition) is 1. The normalized spacial score (nSPS) is 10.4. The lowest BCUT2D eigenvalue weighted by molar-refractivity contribution is 0.0520. The zero-order valence-electron chi connectivity index (χ0n) is 13.2. The van der Waals surface area contributed by atoms with Crippen LogP contribution in [0.2, 0.25) is 0 Å². The van der Waals surface area contributed by atoms with Crippen LogP contribution in [0.5, 0.6) is 5.75 Å². The smallest absolute Gasteiger partial charge is 0.357 e. The van der Waals surface area contributed by atoms with Gasteiger partial charge in [0.1, 0.15) is 5.75 Å². The summed E-state index contributed by atoms with van der Waals surface area (Å²) in [7, 11) is 0. The number of ether oxygens (including phenoxy) is 2. The quantitative estimate of drug-likeness (QED) is 0.820. The molecule has 0 aliphatic heterocycles. The average molecular weight is 334 g/mol. The van der Waals surface area contributed by atoms with Crippen molar-refractivity contribution in [3.8, 4) is 5.75 Å². The molecular formula is C16H18N2O4S. The summed E-state index contributed by atoms with van der Waals surface area (Å²) in [5, 5.41) is 4.55. The summed E-state index contributed by atoms with van der Waals surface area (Å²) in [6.07, 6.45) is 0.0753. The Morgan fingerprint density at radius 2 is 1.96 bits per heavy atom. The van der Waals surface area contributed by atoms with Gasteiger partial charge in [-0.25, -0.2) is 9.78 Å². The number of nitrogens with zero attached hydrogens (tertiary/aromatic N) is 1. The van der Waals surface area contributed by atoms with E-state index in [4.69, 9.17) is 9.47 Å². The second-order valence-electron chi connectivity index (χ2n) is 4.90. The van der Waals surface area contributed by atoms with E-state index in [1.54, 1.807) is 36.6 Å². The number of hydrogen-bond acceptors (Lipinski definition) is 6. The molecule has 1 aromatic carbocycles. The van der Waals surface area contributed by atoms with Crippen molar-refractivity contribution in [3.63, 3.8) is 0 Å². The fraction of sp³-hybridized carbons (Fsp3) is 0.312. The molecule has 2 aromatic rings. The van der Waals surface area contributed by atoms with Gasteiger partial charge in [0.05, 0.1) is 12.7 Å². The number of nitrogens with one attached hydrogen (secondary N) is 1. The van der Waals surface area contributed by atoms with Crippen molar-refractivity contribution >= 4 is 28.3 Å². The van der Waals surface area contributed by atoms with Crippen LogP contribution in [0.1, 0.15) is 41.6 Å². The first-order valence-electron chi connectivity index (χ1n) is 7.20. The summed E-state index contributed by atoms with van der Waals surface area (Å²) in [5.41, 5.74) is 0.668. The van der Waals surface area contributed by atoms with E-state index in [1.807, 2.05) is 13.8 Å². The van der Waals surface area contributed by atoms with Crippen molar-refractivity contribution in [1.29, 1.82) is 0 Å². The SMILES string of the molecule is CCOC(=O)c1csc(NC(=O)c2ccc(OC(C)C)cc2)n1. The number of thiazole rings is 1. The third-order valence-electron chi connectivity index (χ3n) is 2.70. The molecular weight excluding hydrogens is 316 g/mol. The van der Waals surface area contributed by atoms with Gasteiger partial charge < -0.3 is 9.47 Å². The van der Waals surface area contributed by atoms with E-state index in [-0.39, 0.29) is 24.3 Å². The molecule has 1 heterocycles. The summed E-state index contributed by atoms with van der Waals surface area (Å²) < 4.78 is 10.4. The summed E-state index contributed by atoms with van der Waals surface area (Å²) in [6, 6.07) is 6.82. The fourth-order valence-electron chi connectivity index (χ4n) is 1.76. The third-order valence-corrected chi connectivity index (χ3v) is 3.46. The first kappa shape index (κ1) is 17.0. The van der Waals surface area contributed by atoms with Crippen LogP contribution in [-0.4, -0.2) is 29.6 Å². The number of benzene rings is 1. The summed E-state index contributed by atoms with van der Waals surface area (Å²) in [4.78, 5) is 27.7. The molecule has 122 valence electrons. The first-order valence-corrected chi connectivity index (χ1v) is 8.08. The van der Waals surface area contributed by atoms with Crippen molar-refractivity contribution in [1.82, 2.24) is 4.98 Å². The van der Waals surface area contributed by atoms with Gasteiger partial charge >= 0.3 is 5.97 Å². The molecule has 0 fully saturated rings. The number of esters is 1. The van der Waals surface area contributed by atoms with Gasteiger partial charge in [0.2, 0.25) is 0 Å². The molecule has 0 saturated carbocycles. The lowest BCUT2D eigenvalue weighted by Crippen LogP contribution is -2.12. The summed E-state index contributed by atoms with van der Waals surface area (Å²) in [6.45, 7) is 5.87. The second kappa shape index (κ2) is 7.73. The molecule has 2 rings (SSSR count). The maximum atomic E-state index is 12.2. The Labute approximate surface area is 138 Å². The van der Waals surface area contributed by atoms with Crippen LogP contribution in [-0.2, 0) is 4.74 Å². The molecule has 0 atom stereocenters. The van der Waals surface area contributed by atoms with Gasteiger partial charge in [-0.15, -0.1) is 11.3 Å². The topological polar surface area (TPSA) is 77.5 Å². The first-order chi connectivity index (χ1) is 11.0. The Balaban J connectivity index is 2.00. The van der Waals surface area contributed by atoms with E-state index in [0.29, 0.717) is 16.4 Å². The Morgan fingerprint density at radius 3 is 2.57 bits per heavy atom. The molecule has 1 amide bonds. The van der Waals surface area contributed by atoms with Gasteiger partial charge in [0.15, 0.2) is 10.8 Å². The Hall–Kier alpha value is -2.41. The maximum Gasteiger partial charge on any atom is 0.357 e. The van der Waals surface area contributed by atoms with Crippen LogP contribution < -0.4 is 10.1 Å². The number of rotatable bonds is 6. The highest BCUT2D eigenvalue weighted by atomic mass is 32.1. The van der Waals surface area contributed by atoms with Gasteiger partial charge in [-0.3, -0.25) is 10.1 Å². The van der Waals surface area contributed by atoms with E-state index in [0.717, 1.165) is 0 Å². The maximum absolute atomic E-state index is 12.2. The minimum absolute atomic E-state index is 0.0753. The van der Waals surface area contributed by atoms with Crippen molar-refractivity contribution in [2.45, 2.75) is 26.9 Å². The molecule has 0 saturated heterocycles. The third kappa shape index (κ3) is 4.79. The standard InChI is InChI=1S/C16H18N2O4S/c1-4-21-15(20)13-9-23-16(17-13)18-14(19)11-5-7-12(8-6-11)22-10(2)3/h5-10H,4H2,1-3H3,(H,17,18,19). The van der Waals surface area contributed by atoms with Crippen LogP contribution in [0, 0.1) is 0 Å². The highest BCUT2D eigenvalue weighted by Gasteiger charge is 2.14. The minimum atomic E-state index is -0.501. The largest absolute Gasteiger partial charge is 0.491 e. The van der Waals surface area contributed by atoms with Gasteiger partial charge in [0, 0.05) is 10.9 Å². The van der Waals surface area contributed by atoms with E-state index in [2.05, 4.69) is 10.3 Å². The van der Waals surface area contributed by atoms with Gasteiger partial charge in [-0.2, -0.15) is 0 Å². The van der Waals surface area contributed by atoms with Crippen molar-refractivity contribution in [3.05, 3.63) is 40.9 Å². The van der Waals surface area contributed by atoms with Crippen LogP contribution in [0.4, 0.5) is 5.13 Å². The zero-order valence-corrected chi connectivity index (χ0v) is 14.0. The fourth-order valence-corrected chi connectivity index (χ4v) is 2.43. The molecule has 0 bridgehead atoms. The van der Waals surface area contributed by atoms with E-state index in [9.17, 15) is 9.59 Å². The van der Waals surface area contributed by atoms with E-state index in [1.165, 1.54) is 11.3 Å². The molecule has 0 radical (unpaired) electrons. The van der Waals surface area contributed by atoms with Gasteiger partial charge in [-0.1, -0.05) is 0 Å². The number of carbonyl (C=O) groups excluding carboxylic acids is 2. The molecule has 0 unspecified atom stereocenters. The molecule has 23 heavy (non-hydrogen) atoms. The molecule has 7 heteroatoms. The molecule has 1 N–H and O–H groups in total. The van der Waals surface area contributed by atoms with Crippen LogP contribution in [0.15, 0.2) is 29.6 Å². The van der Waals surface area contributed by atoms with E-state index >= 15 is 0 Å². The number of carbonyl (C=O) groups is 2. The van der Waals surface area contributed by atoms with Gasteiger partial charge in [-0.05, 0) is 45.0 Å². The Morgan fingerprint density at radius 1 is 1.26 bits per heavy atom. The van der Waals surface area contributed by atoms with Crippen molar-refractivity contribution in [2.75, 3.05) is 11.9 Å². The lowest BCUT2D eigenvalue weighted by atomic mass is 10.2. The molecule has 1 aromatic heterocycles.